The van der Waals surface area contributed by atoms with Crippen molar-refractivity contribution < 1.29 is 4.79 Å². The summed E-state index contributed by atoms with van der Waals surface area (Å²) >= 11 is 0. The quantitative estimate of drug-likeness (QED) is 0.713. The summed E-state index contributed by atoms with van der Waals surface area (Å²) in [6.45, 7) is 16.2. The molecule has 0 amide bonds. The highest BCUT2D eigenvalue weighted by atomic mass is 16.1. The summed E-state index contributed by atoms with van der Waals surface area (Å²) in [4.78, 5) is 20.5. The Kier molecular flexibility index (Phi) is 3.66. The zero-order valence-corrected chi connectivity index (χ0v) is 12.8. The van der Waals surface area contributed by atoms with Crippen molar-refractivity contribution in [2.45, 2.75) is 66.2 Å². The molecule has 0 N–H and O–H groups in total. The largest absolute Gasteiger partial charge is 0.291 e. The third-order valence-electron chi connectivity index (χ3n) is 2.88. The van der Waals surface area contributed by atoms with Gasteiger partial charge in [-0.2, -0.15) is 0 Å². The van der Waals surface area contributed by atoms with E-state index in [0.717, 1.165) is 17.0 Å². The smallest absolute Gasteiger partial charge is 0.196 e. The number of ketones is 1. The Morgan fingerprint density at radius 2 is 1.22 bits per heavy atom. The summed E-state index contributed by atoms with van der Waals surface area (Å²) < 4.78 is 0. The molecular weight excluding hydrogens is 224 g/mol. The molecule has 18 heavy (non-hydrogen) atoms. The van der Waals surface area contributed by atoms with Gasteiger partial charge in [0.2, 0.25) is 0 Å². The fraction of sp³-hybridized carbons (Fsp3) is 0.667. The van der Waals surface area contributed by atoms with Crippen LogP contribution in [-0.2, 0) is 10.8 Å². The van der Waals surface area contributed by atoms with Crippen LogP contribution >= 0.6 is 0 Å². The summed E-state index contributed by atoms with van der Waals surface area (Å²) in [6, 6.07) is 0. The molecule has 100 valence electrons. The van der Waals surface area contributed by atoms with Crippen molar-refractivity contribution >= 4 is 5.78 Å². The van der Waals surface area contributed by atoms with Crippen molar-refractivity contribution in [3.63, 3.8) is 0 Å². The maximum absolute atomic E-state index is 11.6. The van der Waals surface area contributed by atoms with Crippen molar-refractivity contribution in [1.82, 2.24) is 9.97 Å². The molecule has 0 aliphatic carbocycles. The van der Waals surface area contributed by atoms with Gasteiger partial charge in [0.15, 0.2) is 11.6 Å². The first-order valence-electron chi connectivity index (χ1n) is 6.35. The molecule has 0 spiro atoms. The first-order chi connectivity index (χ1) is 7.94. The van der Waals surface area contributed by atoms with E-state index in [2.05, 4.69) is 51.5 Å². The molecule has 0 bridgehead atoms. The monoisotopic (exact) mass is 248 g/mol. The van der Waals surface area contributed by atoms with E-state index >= 15 is 0 Å². The standard InChI is InChI=1S/C15H24N2O/c1-9-11(14(3,4)5)16-13(10(2)18)17-12(9)15(6,7)8/h1-8H3. The number of hydrogen-bond donors (Lipinski definition) is 0. The fourth-order valence-electron chi connectivity index (χ4n) is 2.13. The van der Waals surface area contributed by atoms with Crippen LogP contribution in [0.3, 0.4) is 0 Å². The van der Waals surface area contributed by atoms with Gasteiger partial charge in [-0.3, -0.25) is 4.79 Å². The van der Waals surface area contributed by atoms with Gasteiger partial charge in [0.05, 0.1) is 11.4 Å². The van der Waals surface area contributed by atoms with Gasteiger partial charge in [-0.05, 0) is 12.5 Å². The van der Waals surface area contributed by atoms with Crippen LogP contribution in [0.4, 0.5) is 0 Å². The highest BCUT2D eigenvalue weighted by molar-refractivity contribution is 5.90. The van der Waals surface area contributed by atoms with Crippen molar-refractivity contribution in [3.05, 3.63) is 22.8 Å². The van der Waals surface area contributed by atoms with Crippen LogP contribution in [0.1, 0.15) is 76.0 Å². The normalized spacial score (nSPS) is 12.7. The topological polar surface area (TPSA) is 42.9 Å². The molecule has 3 heteroatoms. The summed E-state index contributed by atoms with van der Waals surface area (Å²) in [7, 11) is 0. The second-order valence-corrected chi connectivity index (χ2v) is 6.93. The average Bonchev–Trinajstić information content (AvgIpc) is 2.13. The predicted octanol–water partition coefficient (Wildman–Crippen LogP) is 3.58. The Morgan fingerprint density at radius 3 is 1.44 bits per heavy atom. The predicted molar refractivity (Wildman–Crippen MR) is 74.2 cm³/mol. The minimum Gasteiger partial charge on any atom is -0.291 e. The van der Waals surface area contributed by atoms with Crippen LogP contribution in [0.2, 0.25) is 0 Å². The zero-order chi connectivity index (χ0) is 14.3. The van der Waals surface area contributed by atoms with Gasteiger partial charge in [0.25, 0.3) is 0 Å². The Bertz CT molecular complexity index is 441. The van der Waals surface area contributed by atoms with Gasteiger partial charge in [0, 0.05) is 17.8 Å². The molecule has 1 rings (SSSR count). The molecule has 0 atom stereocenters. The highest BCUT2D eigenvalue weighted by Crippen LogP contribution is 2.30. The van der Waals surface area contributed by atoms with Crippen molar-refractivity contribution in [2.24, 2.45) is 0 Å². The van der Waals surface area contributed by atoms with Gasteiger partial charge in [-0.15, -0.1) is 0 Å². The van der Waals surface area contributed by atoms with E-state index in [0.29, 0.717) is 5.82 Å². The molecule has 0 fully saturated rings. The Labute approximate surface area is 110 Å². The Balaban J connectivity index is 3.64. The van der Waals surface area contributed by atoms with E-state index in [-0.39, 0.29) is 16.6 Å². The lowest BCUT2D eigenvalue weighted by atomic mass is 9.82. The van der Waals surface area contributed by atoms with Gasteiger partial charge in [-0.1, -0.05) is 41.5 Å². The maximum atomic E-state index is 11.6. The molecular formula is C15H24N2O. The lowest BCUT2D eigenvalue weighted by Crippen LogP contribution is -2.25. The highest BCUT2D eigenvalue weighted by Gasteiger charge is 2.27. The summed E-state index contributed by atoms with van der Waals surface area (Å²) in [5, 5.41) is 0. The number of nitrogens with zero attached hydrogens (tertiary/aromatic N) is 2. The number of hydrogen-bond acceptors (Lipinski definition) is 3. The minimum absolute atomic E-state index is 0.0778. The molecule has 0 unspecified atom stereocenters. The van der Waals surface area contributed by atoms with Crippen molar-refractivity contribution in [3.8, 4) is 0 Å². The summed E-state index contributed by atoms with van der Waals surface area (Å²) in [6.07, 6.45) is 0. The molecule has 0 aliphatic rings. The number of carbonyl (C=O) groups excluding carboxylic acids is 1. The van der Waals surface area contributed by atoms with Gasteiger partial charge >= 0.3 is 0 Å². The van der Waals surface area contributed by atoms with Crippen LogP contribution < -0.4 is 0 Å². The van der Waals surface area contributed by atoms with E-state index < -0.39 is 0 Å². The van der Waals surface area contributed by atoms with Gasteiger partial charge in [-0.25, -0.2) is 9.97 Å². The number of rotatable bonds is 1. The summed E-state index contributed by atoms with van der Waals surface area (Å²) in [5.74, 6) is 0.251. The number of aromatic nitrogens is 2. The molecule has 1 heterocycles. The molecule has 0 saturated carbocycles. The third kappa shape index (κ3) is 2.95. The maximum Gasteiger partial charge on any atom is 0.196 e. The van der Waals surface area contributed by atoms with Crippen LogP contribution in [0.15, 0.2) is 0 Å². The van der Waals surface area contributed by atoms with E-state index in [1.54, 1.807) is 0 Å². The second kappa shape index (κ2) is 4.45. The van der Waals surface area contributed by atoms with Crippen LogP contribution in [0.5, 0.6) is 0 Å². The molecule has 0 aromatic carbocycles. The molecule has 0 radical (unpaired) electrons. The first kappa shape index (κ1) is 14.8. The molecule has 0 aliphatic heterocycles. The van der Waals surface area contributed by atoms with Crippen LogP contribution in [0, 0.1) is 6.92 Å². The average molecular weight is 248 g/mol. The van der Waals surface area contributed by atoms with Gasteiger partial charge in [0.1, 0.15) is 0 Å². The van der Waals surface area contributed by atoms with Gasteiger partial charge < -0.3 is 0 Å². The molecule has 1 aromatic heterocycles. The first-order valence-corrected chi connectivity index (χ1v) is 6.35. The third-order valence-corrected chi connectivity index (χ3v) is 2.88. The SMILES string of the molecule is CC(=O)c1nc(C(C)(C)C)c(C)c(C(C)(C)C)n1. The lowest BCUT2D eigenvalue weighted by molar-refractivity contribution is 0.100. The van der Waals surface area contributed by atoms with Crippen molar-refractivity contribution in [1.29, 1.82) is 0 Å². The minimum atomic E-state index is -0.0861. The number of Topliss-reactive ketones (excluding diaryl/α,β-unsaturated/α-hetero) is 1. The molecule has 3 nitrogen and oxygen atoms in total. The number of carbonyl (C=O) groups is 1. The van der Waals surface area contributed by atoms with E-state index in [1.807, 2.05) is 6.92 Å². The van der Waals surface area contributed by atoms with E-state index in [9.17, 15) is 4.79 Å². The summed E-state index contributed by atoms with van der Waals surface area (Å²) in [5.41, 5.74) is 2.86. The fourth-order valence-corrected chi connectivity index (χ4v) is 2.13. The Hall–Kier alpha value is -1.25. The van der Waals surface area contributed by atoms with E-state index in [1.165, 1.54) is 6.92 Å². The second-order valence-electron chi connectivity index (χ2n) is 6.93. The Morgan fingerprint density at radius 1 is 0.889 bits per heavy atom. The molecule has 1 aromatic rings. The van der Waals surface area contributed by atoms with Crippen molar-refractivity contribution in [2.75, 3.05) is 0 Å². The zero-order valence-electron chi connectivity index (χ0n) is 12.8. The lowest BCUT2D eigenvalue weighted by Gasteiger charge is -2.27. The van der Waals surface area contributed by atoms with E-state index in [4.69, 9.17) is 0 Å². The van der Waals surface area contributed by atoms with Crippen LogP contribution in [0.25, 0.3) is 0 Å². The molecule has 0 saturated heterocycles. The van der Waals surface area contributed by atoms with Crippen LogP contribution in [-0.4, -0.2) is 15.8 Å².